The average Bonchev–Trinajstić information content (AvgIpc) is 2.14. The molecule has 17 heavy (non-hydrogen) atoms. The second kappa shape index (κ2) is 4.91. The van der Waals surface area contributed by atoms with Crippen LogP contribution < -0.4 is 5.73 Å². The van der Waals surface area contributed by atoms with Gasteiger partial charge in [-0.3, -0.25) is 4.79 Å². The zero-order valence-corrected chi connectivity index (χ0v) is 11.5. The van der Waals surface area contributed by atoms with Crippen LogP contribution in [0.15, 0.2) is 0 Å². The first kappa shape index (κ1) is 14.4. The predicted octanol–water partition coefficient (Wildman–Crippen LogP) is -0.782. The van der Waals surface area contributed by atoms with Gasteiger partial charge in [0.1, 0.15) is 0 Å². The largest absolute Gasteiger partial charge is 0.340 e. The van der Waals surface area contributed by atoms with Crippen molar-refractivity contribution >= 4 is 15.9 Å². The molecule has 1 heterocycles. The number of hydrogen-bond donors (Lipinski definition) is 1. The standard InChI is InChI=1S/C10H21N3O3S/c1-10(2,11)8-9(14)12-4-6-13(7-5-12)17(3,15)16/h4-8,11H2,1-3H3. The van der Waals surface area contributed by atoms with Gasteiger partial charge in [-0.15, -0.1) is 0 Å². The molecule has 1 amide bonds. The summed E-state index contributed by atoms with van der Waals surface area (Å²) in [6, 6.07) is 0. The highest BCUT2D eigenvalue weighted by Crippen LogP contribution is 2.11. The maximum atomic E-state index is 11.8. The van der Waals surface area contributed by atoms with E-state index in [1.54, 1.807) is 18.7 Å². The van der Waals surface area contributed by atoms with Gasteiger partial charge < -0.3 is 10.6 Å². The van der Waals surface area contributed by atoms with Crippen LogP contribution in [0, 0.1) is 0 Å². The minimum absolute atomic E-state index is 0.00866. The van der Waals surface area contributed by atoms with E-state index in [2.05, 4.69) is 0 Å². The summed E-state index contributed by atoms with van der Waals surface area (Å²) in [6.45, 7) is 5.24. The van der Waals surface area contributed by atoms with Crippen molar-refractivity contribution in [2.75, 3.05) is 32.4 Å². The van der Waals surface area contributed by atoms with E-state index < -0.39 is 15.6 Å². The fourth-order valence-electron chi connectivity index (χ4n) is 1.77. The number of piperazine rings is 1. The number of nitrogens with zero attached hydrogens (tertiary/aromatic N) is 2. The van der Waals surface area contributed by atoms with Gasteiger partial charge in [0.05, 0.1) is 6.26 Å². The molecule has 1 aliphatic rings. The normalized spacial score (nSPS) is 19.4. The van der Waals surface area contributed by atoms with E-state index in [9.17, 15) is 13.2 Å². The number of nitrogens with two attached hydrogens (primary N) is 1. The van der Waals surface area contributed by atoms with Crippen molar-refractivity contribution in [1.29, 1.82) is 0 Å². The van der Waals surface area contributed by atoms with Crippen LogP contribution in [0.3, 0.4) is 0 Å². The van der Waals surface area contributed by atoms with Gasteiger partial charge in [-0.05, 0) is 13.8 Å². The molecule has 1 rings (SSSR count). The minimum atomic E-state index is -3.14. The van der Waals surface area contributed by atoms with E-state index >= 15 is 0 Å². The fourth-order valence-corrected chi connectivity index (χ4v) is 2.60. The van der Waals surface area contributed by atoms with Crippen LogP contribution in [0.25, 0.3) is 0 Å². The zero-order valence-electron chi connectivity index (χ0n) is 10.6. The molecule has 7 heteroatoms. The molecule has 6 nitrogen and oxygen atoms in total. The van der Waals surface area contributed by atoms with Gasteiger partial charge >= 0.3 is 0 Å². The molecule has 2 N–H and O–H groups in total. The Morgan fingerprint density at radius 2 is 1.71 bits per heavy atom. The van der Waals surface area contributed by atoms with Crippen molar-refractivity contribution in [2.45, 2.75) is 25.8 Å². The Kier molecular flexibility index (Phi) is 4.16. The summed E-state index contributed by atoms with van der Waals surface area (Å²) in [4.78, 5) is 13.5. The highest BCUT2D eigenvalue weighted by atomic mass is 32.2. The minimum Gasteiger partial charge on any atom is -0.340 e. The Balaban J connectivity index is 2.50. The molecule has 100 valence electrons. The van der Waals surface area contributed by atoms with E-state index in [1.807, 2.05) is 0 Å². The molecule has 0 bridgehead atoms. The predicted molar refractivity (Wildman–Crippen MR) is 65.9 cm³/mol. The van der Waals surface area contributed by atoms with Crippen molar-refractivity contribution in [3.8, 4) is 0 Å². The lowest BCUT2D eigenvalue weighted by molar-refractivity contribution is -0.133. The van der Waals surface area contributed by atoms with Crippen LogP contribution in [0.4, 0.5) is 0 Å². The Morgan fingerprint density at radius 1 is 1.24 bits per heavy atom. The third-order valence-corrected chi connectivity index (χ3v) is 3.97. The number of hydrogen-bond acceptors (Lipinski definition) is 4. The third kappa shape index (κ3) is 4.61. The first-order valence-electron chi connectivity index (χ1n) is 5.61. The van der Waals surface area contributed by atoms with E-state index in [4.69, 9.17) is 5.73 Å². The summed E-state index contributed by atoms with van der Waals surface area (Å²) in [7, 11) is -3.14. The van der Waals surface area contributed by atoms with Crippen LogP contribution in [-0.2, 0) is 14.8 Å². The number of sulfonamides is 1. The van der Waals surface area contributed by atoms with Gasteiger partial charge in [-0.2, -0.15) is 4.31 Å². The van der Waals surface area contributed by atoms with Gasteiger partial charge in [0.15, 0.2) is 0 Å². The van der Waals surface area contributed by atoms with Crippen LogP contribution in [-0.4, -0.2) is 61.5 Å². The summed E-state index contributed by atoms with van der Waals surface area (Å²) in [5.41, 5.74) is 5.26. The Labute approximate surface area is 103 Å². The summed E-state index contributed by atoms with van der Waals surface area (Å²) in [6.07, 6.45) is 1.47. The molecule has 0 saturated carbocycles. The number of carbonyl (C=O) groups excluding carboxylic acids is 1. The molecule has 0 aliphatic carbocycles. The van der Waals surface area contributed by atoms with Crippen molar-refractivity contribution in [3.63, 3.8) is 0 Å². The van der Waals surface area contributed by atoms with E-state index in [-0.39, 0.29) is 12.3 Å². The van der Waals surface area contributed by atoms with E-state index in [0.29, 0.717) is 26.2 Å². The third-order valence-electron chi connectivity index (χ3n) is 2.67. The summed E-state index contributed by atoms with van der Waals surface area (Å²) < 4.78 is 24.0. The van der Waals surface area contributed by atoms with Crippen molar-refractivity contribution < 1.29 is 13.2 Å². The summed E-state index contributed by atoms with van der Waals surface area (Å²) >= 11 is 0. The fraction of sp³-hybridized carbons (Fsp3) is 0.900. The molecule has 1 aliphatic heterocycles. The molecule has 0 aromatic rings. The first-order chi connectivity index (χ1) is 7.59. The van der Waals surface area contributed by atoms with Gasteiger partial charge in [0.25, 0.3) is 0 Å². The first-order valence-corrected chi connectivity index (χ1v) is 7.46. The molecular formula is C10H21N3O3S. The molecule has 0 atom stereocenters. The average molecular weight is 263 g/mol. The molecule has 0 unspecified atom stereocenters. The van der Waals surface area contributed by atoms with E-state index in [0.717, 1.165) is 0 Å². The highest BCUT2D eigenvalue weighted by molar-refractivity contribution is 7.88. The number of amides is 1. The SMILES string of the molecule is CC(C)(N)CC(=O)N1CCN(S(C)(=O)=O)CC1. The smallest absolute Gasteiger partial charge is 0.224 e. The zero-order chi connectivity index (χ0) is 13.3. The quantitative estimate of drug-likeness (QED) is 0.724. The van der Waals surface area contributed by atoms with Gasteiger partial charge in [0.2, 0.25) is 15.9 Å². The summed E-state index contributed by atoms with van der Waals surface area (Å²) in [5.74, 6) is -0.00866. The molecule has 0 aromatic heterocycles. The van der Waals surface area contributed by atoms with Gasteiger partial charge in [0, 0.05) is 38.1 Å². The van der Waals surface area contributed by atoms with E-state index in [1.165, 1.54) is 10.6 Å². The van der Waals surface area contributed by atoms with Crippen LogP contribution in [0.1, 0.15) is 20.3 Å². The maximum Gasteiger partial charge on any atom is 0.224 e. The number of carbonyl (C=O) groups is 1. The second-order valence-electron chi connectivity index (χ2n) is 5.21. The van der Waals surface area contributed by atoms with Crippen molar-refractivity contribution in [2.24, 2.45) is 5.73 Å². The maximum absolute atomic E-state index is 11.8. The van der Waals surface area contributed by atoms with Crippen LogP contribution in [0.2, 0.25) is 0 Å². The molecule has 0 aromatic carbocycles. The topological polar surface area (TPSA) is 83.7 Å². The lowest BCUT2D eigenvalue weighted by atomic mass is 10.0. The lowest BCUT2D eigenvalue weighted by Crippen LogP contribution is -2.52. The number of rotatable bonds is 3. The Bertz CT molecular complexity index is 378. The van der Waals surface area contributed by atoms with Crippen molar-refractivity contribution in [1.82, 2.24) is 9.21 Å². The highest BCUT2D eigenvalue weighted by Gasteiger charge is 2.27. The van der Waals surface area contributed by atoms with Crippen LogP contribution >= 0.6 is 0 Å². The molecule has 1 fully saturated rings. The van der Waals surface area contributed by atoms with Gasteiger partial charge in [-0.1, -0.05) is 0 Å². The Hall–Kier alpha value is -0.660. The molecule has 0 radical (unpaired) electrons. The van der Waals surface area contributed by atoms with Crippen molar-refractivity contribution in [3.05, 3.63) is 0 Å². The van der Waals surface area contributed by atoms with Gasteiger partial charge in [-0.25, -0.2) is 8.42 Å². The summed E-state index contributed by atoms with van der Waals surface area (Å²) in [5, 5.41) is 0. The second-order valence-corrected chi connectivity index (χ2v) is 7.19. The van der Waals surface area contributed by atoms with Crippen LogP contribution in [0.5, 0.6) is 0 Å². The molecular weight excluding hydrogens is 242 g/mol. The monoisotopic (exact) mass is 263 g/mol. The molecule has 1 saturated heterocycles. The lowest BCUT2D eigenvalue weighted by Gasteiger charge is -2.34. The molecule has 0 spiro atoms. The Morgan fingerprint density at radius 3 is 2.06 bits per heavy atom.